The molecule has 183 valence electrons. The summed E-state index contributed by atoms with van der Waals surface area (Å²) in [6, 6.07) is -0.438. The Kier molecular flexibility index (Phi) is 8.18. The molecule has 1 aliphatic heterocycles. The molecular weight excluding hydrogens is 434 g/mol. The lowest BCUT2D eigenvalue weighted by atomic mass is 9.56. The summed E-state index contributed by atoms with van der Waals surface area (Å²) in [6.45, 7) is 9.92. The fraction of sp³-hybridized carbons (Fsp3) is 0.727. The van der Waals surface area contributed by atoms with Gasteiger partial charge in [0.2, 0.25) is 0 Å². The van der Waals surface area contributed by atoms with E-state index in [1.54, 1.807) is 4.90 Å². The van der Waals surface area contributed by atoms with Crippen molar-refractivity contribution in [2.75, 3.05) is 18.3 Å². The van der Waals surface area contributed by atoms with Crippen molar-refractivity contribution < 1.29 is 20.8 Å². The Morgan fingerprint density at radius 1 is 1.47 bits per heavy atom. The van der Waals surface area contributed by atoms with E-state index >= 15 is 0 Å². The van der Waals surface area contributed by atoms with E-state index in [4.69, 9.17) is 18.6 Å². The van der Waals surface area contributed by atoms with E-state index in [2.05, 4.69) is 22.0 Å². The zero-order chi connectivity index (χ0) is 25.8. The third kappa shape index (κ3) is 6.34. The molecule has 2 N–H and O–H groups in total. The van der Waals surface area contributed by atoms with Crippen LogP contribution >= 0.6 is 0 Å². The van der Waals surface area contributed by atoms with Crippen LogP contribution in [0.25, 0.3) is 5.65 Å². The number of imidazole rings is 1. The number of anilines is 1. The molecule has 3 atom stereocenters. The second-order valence-corrected chi connectivity index (χ2v) is 9.61. The fourth-order valence-corrected chi connectivity index (χ4v) is 4.04. The van der Waals surface area contributed by atoms with Gasteiger partial charge in [-0.05, 0) is 59.8 Å². The van der Waals surface area contributed by atoms with Crippen LogP contribution in [0.1, 0.15) is 78.5 Å². The summed E-state index contributed by atoms with van der Waals surface area (Å²) in [5.41, 5.74) is 0.0161. The number of hydrogen-bond donors (Lipinski definition) is 2. The highest BCUT2D eigenvalue weighted by Crippen LogP contribution is 2.31. The molecule has 0 bridgehead atoms. The number of fused-ring (bicyclic) bond motifs is 1. The lowest BCUT2D eigenvalue weighted by Gasteiger charge is -2.38. The number of aliphatic hydroxyl groups is 1. The summed E-state index contributed by atoms with van der Waals surface area (Å²) >= 11 is 0. The van der Waals surface area contributed by atoms with Gasteiger partial charge in [-0.3, -0.25) is 0 Å². The van der Waals surface area contributed by atoms with Gasteiger partial charge < -0.3 is 24.8 Å². The van der Waals surface area contributed by atoms with Gasteiger partial charge in [-0.25, -0.2) is 14.3 Å². The normalized spacial score (nSPS) is 18.8. The van der Waals surface area contributed by atoms with Crippen LogP contribution in [0.15, 0.2) is 6.20 Å². The van der Waals surface area contributed by atoms with Crippen LogP contribution in [-0.4, -0.2) is 81.3 Å². The van der Waals surface area contributed by atoms with Crippen LogP contribution < -0.4 is 10.0 Å². The SMILES string of the molecule is [2H]N(C[B][B])c1nc(O[C@@H](C)CCC)nn2c(C(O)C3CCCCN3C(=O)OC(C)(C)C)cnc12. The molecule has 1 fully saturated rings. The number of nitrogens with one attached hydrogen (secondary N) is 1. The van der Waals surface area contributed by atoms with Gasteiger partial charge >= 0.3 is 12.1 Å². The number of amides is 1. The van der Waals surface area contributed by atoms with Crippen molar-refractivity contribution in [3.8, 4) is 6.01 Å². The molecule has 0 saturated carbocycles. The van der Waals surface area contributed by atoms with E-state index in [-0.39, 0.29) is 30.0 Å². The maximum Gasteiger partial charge on any atom is 0.410 e. The Morgan fingerprint density at radius 3 is 2.91 bits per heavy atom. The first-order valence-electron chi connectivity index (χ1n) is 12.4. The number of nitrogens with zero attached hydrogens (tertiary/aromatic N) is 5. The molecule has 0 aliphatic carbocycles. The van der Waals surface area contributed by atoms with Gasteiger partial charge in [-0.15, -0.1) is 5.10 Å². The Bertz CT molecular complexity index is 1000. The second-order valence-electron chi connectivity index (χ2n) is 9.61. The molecule has 34 heavy (non-hydrogen) atoms. The number of hydrogen-bond acceptors (Lipinski definition) is 8. The van der Waals surface area contributed by atoms with E-state index < -0.39 is 23.8 Å². The molecular formula is C22H35B2N6O4. The highest BCUT2D eigenvalue weighted by molar-refractivity contribution is 6.89. The first-order chi connectivity index (χ1) is 16.6. The summed E-state index contributed by atoms with van der Waals surface area (Å²) < 4.78 is 21.3. The fourth-order valence-electron chi connectivity index (χ4n) is 4.04. The molecule has 0 spiro atoms. The summed E-state index contributed by atoms with van der Waals surface area (Å²) in [5.74, 6) is 0.200. The van der Waals surface area contributed by atoms with Crippen molar-refractivity contribution in [2.45, 2.75) is 90.6 Å². The van der Waals surface area contributed by atoms with E-state index in [9.17, 15) is 9.90 Å². The third-order valence-corrected chi connectivity index (χ3v) is 5.54. The van der Waals surface area contributed by atoms with Crippen molar-refractivity contribution in [1.82, 2.24) is 24.5 Å². The molecule has 3 radical (unpaired) electrons. The number of likely N-dealkylation sites (tertiary alicyclic amines) is 1. The molecule has 12 heteroatoms. The summed E-state index contributed by atoms with van der Waals surface area (Å²) in [7, 11) is 6.87. The largest absolute Gasteiger partial charge is 0.459 e. The van der Waals surface area contributed by atoms with E-state index in [0.29, 0.717) is 18.7 Å². The van der Waals surface area contributed by atoms with Gasteiger partial charge in [-0.2, -0.15) is 4.98 Å². The molecule has 3 heterocycles. The molecule has 2 aromatic heterocycles. The van der Waals surface area contributed by atoms with Crippen LogP contribution in [0.3, 0.4) is 0 Å². The summed E-state index contributed by atoms with van der Waals surface area (Å²) in [6.07, 6.45) is 3.98. The number of piperidine rings is 1. The predicted octanol–water partition coefficient (Wildman–Crippen LogP) is 2.67. The average molecular weight is 470 g/mol. The van der Waals surface area contributed by atoms with Crippen molar-refractivity contribution in [3.63, 3.8) is 0 Å². The van der Waals surface area contributed by atoms with Crippen LogP contribution in [-0.2, 0) is 4.74 Å². The zero-order valence-corrected chi connectivity index (χ0v) is 20.8. The number of carbonyl (C=O) groups is 1. The number of aromatic nitrogens is 4. The molecule has 1 aliphatic rings. The maximum atomic E-state index is 12.9. The van der Waals surface area contributed by atoms with Crippen LogP contribution in [0, 0.1) is 0 Å². The second kappa shape index (κ2) is 11.3. The summed E-state index contributed by atoms with van der Waals surface area (Å²) in [5, 5.41) is 17.0. The van der Waals surface area contributed by atoms with E-state index in [0.717, 1.165) is 31.0 Å². The first-order valence-corrected chi connectivity index (χ1v) is 12.0. The smallest absolute Gasteiger partial charge is 0.410 e. The lowest BCUT2D eigenvalue weighted by molar-refractivity contribution is -0.0182. The van der Waals surface area contributed by atoms with Crippen molar-refractivity contribution in [1.29, 1.82) is 0 Å². The van der Waals surface area contributed by atoms with Crippen molar-refractivity contribution in [3.05, 3.63) is 11.9 Å². The van der Waals surface area contributed by atoms with Gasteiger partial charge in [-0.1, -0.05) is 13.3 Å². The molecule has 0 aromatic carbocycles. The minimum atomic E-state index is -1.08. The molecule has 10 nitrogen and oxygen atoms in total. The van der Waals surface area contributed by atoms with Crippen molar-refractivity contribution >= 4 is 32.5 Å². The summed E-state index contributed by atoms with van der Waals surface area (Å²) in [4.78, 5) is 23.3. The zero-order valence-electron chi connectivity index (χ0n) is 21.8. The Labute approximate surface area is 204 Å². The van der Waals surface area contributed by atoms with Crippen molar-refractivity contribution in [2.24, 2.45) is 0 Å². The molecule has 1 amide bonds. The molecule has 3 rings (SSSR count). The van der Waals surface area contributed by atoms with Gasteiger partial charge in [0.05, 0.1) is 31.2 Å². The van der Waals surface area contributed by atoms with Gasteiger partial charge in [0, 0.05) is 14.3 Å². The molecule has 1 saturated heterocycles. The van der Waals surface area contributed by atoms with Gasteiger partial charge in [0.1, 0.15) is 11.7 Å². The topological polar surface area (TPSA) is 114 Å². The monoisotopic (exact) mass is 470 g/mol. The minimum absolute atomic E-state index is 0.0711. The minimum Gasteiger partial charge on any atom is -0.459 e. The number of rotatable bonds is 9. The van der Waals surface area contributed by atoms with Crippen LogP contribution in [0.2, 0.25) is 1.41 Å². The average Bonchev–Trinajstić information content (AvgIpc) is 3.21. The van der Waals surface area contributed by atoms with E-state index in [1.807, 2.05) is 27.7 Å². The Morgan fingerprint density at radius 2 is 2.24 bits per heavy atom. The van der Waals surface area contributed by atoms with Crippen LogP contribution in [0.4, 0.5) is 10.6 Å². The third-order valence-electron chi connectivity index (χ3n) is 5.54. The maximum absolute atomic E-state index is 12.9. The van der Waals surface area contributed by atoms with Crippen LogP contribution in [0.5, 0.6) is 6.01 Å². The number of aliphatic hydroxyl groups excluding tert-OH is 1. The van der Waals surface area contributed by atoms with E-state index in [1.165, 1.54) is 17.9 Å². The molecule has 2 aromatic rings. The standard InChI is InChI=1S/C22H35B2N6O4/c1-6-9-14(2)33-20-27-18(26-13-24-23)19-25-12-16(30(19)28-20)17(31)15-10-7-8-11-29(15)21(32)34-22(3,4)5/h12,14-15,17,31H,6-11,13H2,1-5H3,(H,26,27,28)/t14-,15?,17?/m0/s1/i/hD. The lowest BCUT2D eigenvalue weighted by Crippen LogP contribution is -2.48. The predicted molar refractivity (Wildman–Crippen MR) is 131 cm³/mol. The Hall–Kier alpha value is -2.49. The van der Waals surface area contributed by atoms with Gasteiger partial charge in [0.15, 0.2) is 12.9 Å². The number of ether oxygens (including phenoxy) is 2. The Balaban J connectivity index is 2.00. The molecule has 2 unspecified atom stereocenters. The van der Waals surface area contributed by atoms with Gasteiger partial charge in [0.25, 0.3) is 0 Å². The number of carbonyl (C=O) groups excluding carboxylic acids is 1. The highest BCUT2D eigenvalue weighted by atomic mass is 16.6. The highest BCUT2D eigenvalue weighted by Gasteiger charge is 2.37. The first kappa shape index (κ1) is 24.6. The quantitative estimate of drug-likeness (QED) is 0.538.